The molecule has 1 aromatic carbocycles. The maximum absolute atomic E-state index is 12.7. The third-order valence-corrected chi connectivity index (χ3v) is 4.65. The van der Waals surface area contributed by atoms with Crippen LogP contribution in [0.4, 0.5) is 5.82 Å². The van der Waals surface area contributed by atoms with Crippen molar-refractivity contribution in [2.75, 3.05) is 18.0 Å². The van der Waals surface area contributed by atoms with E-state index in [1.54, 1.807) is 18.3 Å². The van der Waals surface area contributed by atoms with E-state index in [1.807, 2.05) is 23.1 Å². The Hall–Kier alpha value is -2.87. The number of hydrogen-bond donors (Lipinski definition) is 0. The molecule has 3 rings (SSSR count). The molecule has 128 valence electrons. The zero-order valence-electron chi connectivity index (χ0n) is 14.4. The predicted octanol–water partition coefficient (Wildman–Crippen LogP) is 2.97. The fraction of sp³-hybridized carbons (Fsp3) is 0.350. The van der Waals surface area contributed by atoms with Crippen molar-refractivity contribution in [2.45, 2.75) is 32.4 Å². The highest BCUT2D eigenvalue weighted by Crippen LogP contribution is 2.21. The van der Waals surface area contributed by atoms with E-state index in [-0.39, 0.29) is 11.9 Å². The molecule has 2 heterocycles. The minimum Gasteiger partial charge on any atom is -0.354 e. The Labute approximate surface area is 148 Å². The van der Waals surface area contributed by atoms with E-state index < -0.39 is 0 Å². The van der Waals surface area contributed by atoms with Gasteiger partial charge in [-0.3, -0.25) is 4.79 Å². The Bertz CT molecular complexity index is 769. The van der Waals surface area contributed by atoms with Crippen molar-refractivity contribution in [3.8, 4) is 6.07 Å². The van der Waals surface area contributed by atoms with Crippen molar-refractivity contribution in [3.05, 3.63) is 59.8 Å². The quantitative estimate of drug-likeness (QED) is 0.862. The summed E-state index contributed by atoms with van der Waals surface area (Å²) < 4.78 is 0. The van der Waals surface area contributed by atoms with Gasteiger partial charge in [-0.25, -0.2) is 4.98 Å². The second-order valence-corrected chi connectivity index (χ2v) is 6.28. The fourth-order valence-electron chi connectivity index (χ4n) is 3.24. The second-order valence-electron chi connectivity index (χ2n) is 6.28. The molecule has 1 amide bonds. The van der Waals surface area contributed by atoms with E-state index in [0.717, 1.165) is 24.3 Å². The molecule has 0 spiro atoms. The number of nitriles is 1. The fourth-order valence-corrected chi connectivity index (χ4v) is 3.24. The monoisotopic (exact) mass is 334 g/mol. The molecule has 0 N–H and O–H groups in total. The van der Waals surface area contributed by atoms with Crippen LogP contribution in [-0.2, 0) is 11.3 Å². The molecule has 1 atom stereocenters. The lowest BCUT2D eigenvalue weighted by Crippen LogP contribution is -2.42. The van der Waals surface area contributed by atoms with Crippen molar-refractivity contribution in [1.29, 1.82) is 5.26 Å². The van der Waals surface area contributed by atoms with E-state index in [0.29, 0.717) is 25.1 Å². The largest absolute Gasteiger partial charge is 0.354 e. The van der Waals surface area contributed by atoms with Crippen LogP contribution in [0.2, 0.25) is 0 Å². The Morgan fingerprint density at radius 2 is 2.08 bits per heavy atom. The van der Waals surface area contributed by atoms with Crippen molar-refractivity contribution in [3.63, 3.8) is 0 Å². The summed E-state index contributed by atoms with van der Waals surface area (Å²) in [4.78, 5) is 21.2. The summed E-state index contributed by atoms with van der Waals surface area (Å²) in [5.74, 6) is 0.946. The van der Waals surface area contributed by atoms with Gasteiger partial charge in [-0.1, -0.05) is 37.3 Å². The number of rotatable bonds is 4. The molecule has 0 saturated carbocycles. The molecular weight excluding hydrogens is 312 g/mol. The number of benzene rings is 1. The van der Waals surface area contributed by atoms with E-state index in [4.69, 9.17) is 5.26 Å². The molecule has 0 radical (unpaired) electrons. The maximum atomic E-state index is 12.7. The summed E-state index contributed by atoms with van der Waals surface area (Å²) in [7, 11) is 0. The number of hydrogen-bond acceptors (Lipinski definition) is 4. The molecule has 0 bridgehead atoms. The van der Waals surface area contributed by atoms with Gasteiger partial charge in [0, 0.05) is 38.3 Å². The highest BCUT2D eigenvalue weighted by molar-refractivity contribution is 5.78. The van der Waals surface area contributed by atoms with E-state index in [1.165, 1.54) is 0 Å². The Balaban J connectivity index is 1.82. The lowest BCUT2D eigenvalue weighted by Gasteiger charge is -2.31. The predicted molar refractivity (Wildman–Crippen MR) is 96.9 cm³/mol. The third kappa shape index (κ3) is 3.97. The number of nitrogens with zero attached hydrogens (tertiary/aromatic N) is 4. The summed E-state index contributed by atoms with van der Waals surface area (Å²) in [6.45, 7) is 4.11. The molecule has 2 aromatic rings. The van der Waals surface area contributed by atoms with Crippen molar-refractivity contribution in [2.24, 2.45) is 0 Å². The van der Waals surface area contributed by atoms with Gasteiger partial charge in [0.2, 0.25) is 5.91 Å². The summed E-state index contributed by atoms with van der Waals surface area (Å²) in [5.41, 5.74) is 1.74. The van der Waals surface area contributed by atoms with Crippen LogP contribution in [0.15, 0.2) is 48.7 Å². The first kappa shape index (κ1) is 17.0. The van der Waals surface area contributed by atoms with Gasteiger partial charge in [0.25, 0.3) is 0 Å². The second kappa shape index (κ2) is 7.80. The van der Waals surface area contributed by atoms with E-state index in [2.05, 4.69) is 35.0 Å². The van der Waals surface area contributed by atoms with Gasteiger partial charge in [0.15, 0.2) is 0 Å². The van der Waals surface area contributed by atoms with Gasteiger partial charge >= 0.3 is 0 Å². The van der Waals surface area contributed by atoms with Crippen LogP contribution in [0.5, 0.6) is 0 Å². The van der Waals surface area contributed by atoms with Crippen molar-refractivity contribution >= 4 is 11.7 Å². The third-order valence-electron chi connectivity index (χ3n) is 4.65. The molecule has 25 heavy (non-hydrogen) atoms. The standard InChI is InChI=1S/C20H22N4O/c1-2-18-15-23(19-12-17(13-21)8-10-22-19)11-9-20(25)24(18)14-16-6-4-3-5-7-16/h3-8,10,12,18H,2,9,11,14-15H2,1H3/t18-/m1/s1. The van der Waals surface area contributed by atoms with Crippen molar-refractivity contribution < 1.29 is 4.79 Å². The van der Waals surface area contributed by atoms with Gasteiger partial charge < -0.3 is 9.80 Å². The number of anilines is 1. The molecule has 0 unspecified atom stereocenters. The highest BCUT2D eigenvalue weighted by Gasteiger charge is 2.29. The minimum absolute atomic E-state index is 0.128. The van der Waals surface area contributed by atoms with Crippen LogP contribution < -0.4 is 4.90 Å². The molecule has 1 aliphatic heterocycles. The zero-order chi connectivity index (χ0) is 17.6. The molecule has 5 nitrogen and oxygen atoms in total. The summed E-state index contributed by atoms with van der Waals surface area (Å²) >= 11 is 0. The average Bonchev–Trinajstić information content (AvgIpc) is 2.82. The molecular formula is C20H22N4O. The topological polar surface area (TPSA) is 60.2 Å². The first-order valence-corrected chi connectivity index (χ1v) is 8.65. The Kier molecular flexibility index (Phi) is 5.30. The van der Waals surface area contributed by atoms with Gasteiger partial charge in [-0.05, 0) is 24.1 Å². The van der Waals surface area contributed by atoms with Gasteiger partial charge in [0.05, 0.1) is 11.6 Å². The summed E-state index contributed by atoms with van der Waals surface area (Å²) in [6, 6.07) is 15.9. The van der Waals surface area contributed by atoms with Crippen LogP contribution in [0, 0.1) is 11.3 Å². The van der Waals surface area contributed by atoms with E-state index in [9.17, 15) is 4.79 Å². The van der Waals surface area contributed by atoms with Crippen LogP contribution in [0.25, 0.3) is 0 Å². The maximum Gasteiger partial charge on any atom is 0.224 e. The smallest absolute Gasteiger partial charge is 0.224 e. The average molecular weight is 334 g/mol. The number of carbonyl (C=O) groups excluding carboxylic acids is 1. The van der Waals surface area contributed by atoms with Crippen LogP contribution >= 0.6 is 0 Å². The Morgan fingerprint density at radius 3 is 2.80 bits per heavy atom. The lowest BCUT2D eigenvalue weighted by atomic mass is 10.1. The van der Waals surface area contributed by atoms with Crippen LogP contribution in [-0.4, -0.2) is 34.9 Å². The summed E-state index contributed by atoms with van der Waals surface area (Å²) in [6.07, 6.45) is 3.00. The molecule has 5 heteroatoms. The number of aromatic nitrogens is 1. The number of pyridine rings is 1. The highest BCUT2D eigenvalue weighted by atomic mass is 16.2. The molecule has 1 aromatic heterocycles. The lowest BCUT2D eigenvalue weighted by molar-refractivity contribution is -0.133. The number of carbonyl (C=O) groups is 1. The van der Waals surface area contributed by atoms with Gasteiger partial charge in [-0.15, -0.1) is 0 Å². The SMILES string of the molecule is CC[C@@H]1CN(c2cc(C#N)ccn2)CCC(=O)N1Cc1ccccc1. The molecule has 0 aliphatic carbocycles. The molecule has 1 fully saturated rings. The normalized spacial score (nSPS) is 17.9. The number of amides is 1. The van der Waals surface area contributed by atoms with Gasteiger partial charge in [-0.2, -0.15) is 5.26 Å². The zero-order valence-corrected chi connectivity index (χ0v) is 14.4. The van der Waals surface area contributed by atoms with Crippen molar-refractivity contribution in [1.82, 2.24) is 9.88 Å². The first-order valence-electron chi connectivity index (χ1n) is 8.65. The first-order chi connectivity index (χ1) is 12.2. The Morgan fingerprint density at radius 1 is 1.28 bits per heavy atom. The van der Waals surface area contributed by atoms with E-state index >= 15 is 0 Å². The molecule has 1 aliphatic rings. The van der Waals surface area contributed by atoms with Crippen LogP contribution in [0.3, 0.4) is 0 Å². The summed E-state index contributed by atoms with van der Waals surface area (Å²) in [5, 5.41) is 9.10. The minimum atomic E-state index is 0.128. The van der Waals surface area contributed by atoms with Crippen LogP contribution in [0.1, 0.15) is 30.9 Å². The molecule has 1 saturated heterocycles. The van der Waals surface area contributed by atoms with Gasteiger partial charge in [0.1, 0.15) is 5.82 Å².